The summed E-state index contributed by atoms with van der Waals surface area (Å²) in [5.74, 6) is -0.977. The largest absolute Gasteiger partial charge is 0.436 e. The van der Waals surface area contributed by atoms with E-state index < -0.39 is 24.8 Å². The minimum atomic E-state index is -2.91. The van der Waals surface area contributed by atoms with Gasteiger partial charge in [-0.15, -0.1) is 0 Å². The van der Waals surface area contributed by atoms with Crippen LogP contribution in [-0.2, 0) is 4.79 Å². The Kier molecular flexibility index (Phi) is 7.25. The number of nitrogens with zero attached hydrogens (tertiary/aromatic N) is 9. The molecule has 2 fully saturated rings. The van der Waals surface area contributed by atoms with Crippen molar-refractivity contribution in [2.24, 2.45) is 5.92 Å². The molecule has 7 rings (SSSR count). The van der Waals surface area contributed by atoms with Gasteiger partial charge in [0, 0.05) is 49.2 Å². The van der Waals surface area contributed by atoms with Gasteiger partial charge in [0.2, 0.25) is 18.0 Å². The van der Waals surface area contributed by atoms with Gasteiger partial charge in [0.15, 0.2) is 10.8 Å². The Labute approximate surface area is 250 Å². The number of thiophene rings is 1. The summed E-state index contributed by atoms with van der Waals surface area (Å²) in [6.07, 6.45) is 0.0898. The summed E-state index contributed by atoms with van der Waals surface area (Å²) in [6.45, 7) is -1.34. The van der Waals surface area contributed by atoms with Crippen LogP contribution >= 0.6 is 11.3 Å². The maximum absolute atomic E-state index is 13.4. The minimum absolute atomic E-state index is 0.210. The highest BCUT2D eigenvalue weighted by Crippen LogP contribution is 2.35. The maximum atomic E-state index is 13.4. The van der Waals surface area contributed by atoms with Gasteiger partial charge < -0.3 is 14.6 Å². The predicted molar refractivity (Wildman–Crippen MR) is 148 cm³/mol. The summed E-state index contributed by atoms with van der Waals surface area (Å²) in [6, 6.07) is 10.1. The molecule has 1 saturated carbocycles. The molecule has 0 spiro atoms. The van der Waals surface area contributed by atoms with Gasteiger partial charge in [-0.3, -0.25) is 19.5 Å². The molecule has 2 aliphatic rings. The number of aromatic nitrogens is 7. The van der Waals surface area contributed by atoms with E-state index in [0.717, 1.165) is 10.4 Å². The topological polar surface area (TPSA) is 139 Å². The Morgan fingerprint density at radius 1 is 1.11 bits per heavy atom. The Hall–Kier alpha value is -4.77. The summed E-state index contributed by atoms with van der Waals surface area (Å²) in [5, 5.41) is 17.5. The first kappa shape index (κ1) is 28.0. The quantitative estimate of drug-likeness (QED) is 0.258. The fraction of sp³-hybridized carbons (Fsp3) is 0.333. The first-order valence-electron chi connectivity index (χ1n) is 13.7. The van der Waals surface area contributed by atoms with Gasteiger partial charge in [-0.25, -0.2) is 9.37 Å². The molecule has 1 saturated heterocycles. The maximum Gasteiger partial charge on any atom is 0.416 e. The second-order valence-corrected chi connectivity index (χ2v) is 11.2. The third-order valence-corrected chi connectivity index (χ3v) is 8.22. The molecule has 2 unspecified atom stereocenters. The van der Waals surface area contributed by atoms with Gasteiger partial charge in [-0.2, -0.15) is 20.1 Å². The average Bonchev–Trinajstić information content (AvgIpc) is 3.48. The monoisotopic (exact) mass is 625 g/mol. The average molecular weight is 626 g/mol. The smallest absolute Gasteiger partial charge is 0.416 e. The number of carbonyl (C=O) groups excluding carboxylic acids is 2. The molecule has 17 heteroatoms. The van der Waals surface area contributed by atoms with Crippen molar-refractivity contribution < 1.29 is 32.0 Å². The highest BCUT2D eigenvalue weighted by Gasteiger charge is 2.43. The SMILES string of the molecule is O=C(Nc1ccc2oc(-c3ccnc(C(=O)N4CCN(C(c5ccsc5)[n+]5nnn(C(F)F)n5)CC4)c3)nc2c1)C1C[C@@H]1F. The van der Waals surface area contributed by atoms with Crippen molar-refractivity contribution in [1.29, 1.82) is 0 Å². The molecule has 4 aromatic heterocycles. The molecular weight excluding hydrogens is 601 g/mol. The van der Waals surface area contributed by atoms with E-state index in [1.807, 2.05) is 21.7 Å². The summed E-state index contributed by atoms with van der Waals surface area (Å²) < 4.78 is 45.3. The van der Waals surface area contributed by atoms with Gasteiger partial charge in [-0.05, 0) is 58.4 Å². The van der Waals surface area contributed by atoms with Crippen molar-refractivity contribution in [3.05, 3.63) is 64.6 Å². The number of anilines is 1. The summed E-state index contributed by atoms with van der Waals surface area (Å²) >= 11 is 1.46. The number of nitrogens with one attached hydrogen (secondary N) is 1. The van der Waals surface area contributed by atoms with Crippen LogP contribution in [0.1, 0.15) is 35.2 Å². The Balaban J connectivity index is 1.04. The number of amides is 2. The first-order chi connectivity index (χ1) is 21.3. The molecule has 2 amide bonds. The summed E-state index contributed by atoms with van der Waals surface area (Å²) in [5.41, 5.74) is 3.04. The van der Waals surface area contributed by atoms with Crippen LogP contribution in [0.4, 0.5) is 18.9 Å². The number of benzene rings is 1. The van der Waals surface area contributed by atoms with Crippen LogP contribution in [0.25, 0.3) is 22.6 Å². The number of pyridine rings is 1. The standard InChI is InChI=1S/C27H23F3N10O3S/c28-19-13-18(19)23(41)32-17-1-2-22-20(12-17)33-24(43-22)15-3-5-31-21(11-15)26(42)38-8-6-37(7-9-38)25(16-4-10-44-14-16)39-34-35-40(36-39)27(29)30/h1-5,10-12,14,18-19,25,27H,6-9,13H2/p+1/t18?,19-,25?/m0/s1. The van der Waals surface area contributed by atoms with E-state index in [1.165, 1.54) is 17.5 Å². The van der Waals surface area contributed by atoms with Crippen LogP contribution in [0.15, 0.2) is 57.8 Å². The Morgan fingerprint density at radius 2 is 1.93 bits per heavy atom. The molecular formula is C27H24F3N10O3S+. The number of alkyl halides is 3. The minimum Gasteiger partial charge on any atom is -0.436 e. The van der Waals surface area contributed by atoms with Crippen molar-refractivity contribution in [3.8, 4) is 11.5 Å². The second kappa shape index (κ2) is 11.4. The van der Waals surface area contributed by atoms with Gasteiger partial charge >= 0.3 is 6.55 Å². The molecule has 1 N–H and O–H groups in total. The molecule has 0 bridgehead atoms. The lowest BCUT2D eigenvalue weighted by Crippen LogP contribution is -2.59. The van der Waals surface area contributed by atoms with Crippen LogP contribution in [0.3, 0.4) is 0 Å². The normalized spacial score (nSPS) is 19.4. The predicted octanol–water partition coefficient (Wildman–Crippen LogP) is 2.92. The lowest BCUT2D eigenvalue weighted by atomic mass is 10.2. The number of rotatable bonds is 8. The Morgan fingerprint density at radius 3 is 2.64 bits per heavy atom. The number of piperazine rings is 1. The van der Waals surface area contributed by atoms with Crippen LogP contribution in [-0.4, -0.2) is 84.4 Å². The third-order valence-electron chi connectivity index (χ3n) is 7.52. The summed E-state index contributed by atoms with van der Waals surface area (Å²) in [4.78, 5) is 39.4. The van der Waals surface area contributed by atoms with Gasteiger partial charge in [0.05, 0.1) is 15.9 Å². The van der Waals surface area contributed by atoms with Crippen LogP contribution in [0.2, 0.25) is 0 Å². The van der Waals surface area contributed by atoms with Gasteiger partial charge in [0.1, 0.15) is 22.6 Å². The molecule has 226 valence electrons. The van der Waals surface area contributed by atoms with E-state index in [4.69, 9.17) is 4.42 Å². The number of halogens is 3. The number of carbonyl (C=O) groups is 2. The molecule has 1 aliphatic carbocycles. The number of hydrogen-bond donors (Lipinski definition) is 1. The second-order valence-electron chi connectivity index (χ2n) is 10.4. The van der Waals surface area contributed by atoms with E-state index in [0.29, 0.717) is 48.5 Å². The molecule has 3 atom stereocenters. The van der Waals surface area contributed by atoms with Gasteiger partial charge in [0.25, 0.3) is 5.91 Å². The fourth-order valence-corrected chi connectivity index (χ4v) is 5.78. The number of hydrogen-bond acceptors (Lipinski definition) is 10. The lowest BCUT2D eigenvalue weighted by molar-refractivity contribution is -0.838. The van der Waals surface area contributed by atoms with E-state index in [1.54, 1.807) is 35.2 Å². The van der Waals surface area contributed by atoms with Crippen molar-refractivity contribution in [2.45, 2.75) is 25.3 Å². The van der Waals surface area contributed by atoms with Gasteiger partial charge in [-0.1, -0.05) is 0 Å². The van der Waals surface area contributed by atoms with Crippen molar-refractivity contribution in [2.75, 3.05) is 31.5 Å². The van der Waals surface area contributed by atoms with Crippen molar-refractivity contribution in [1.82, 2.24) is 40.2 Å². The fourth-order valence-electron chi connectivity index (χ4n) is 5.11. The molecule has 5 aromatic rings. The highest BCUT2D eigenvalue weighted by molar-refractivity contribution is 7.07. The van der Waals surface area contributed by atoms with E-state index in [2.05, 4.69) is 30.9 Å². The zero-order chi connectivity index (χ0) is 30.4. The van der Waals surface area contributed by atoms with Crippen LogP contribution in [0, 0.1) is 5.92 Å². The summed E-state index contributed by atoms with van der Waals surface area (Å²) in [7, 11) is 0. The zero-order valence-electron chi connectivity index (χ0n) is 22.8. The van der Waals surface area contributed by atoms with Crippen LogP contribution < -0.4 is 10.1 Å². The molecule has 13 nitrogen and oxygen atoms in total. The van der Waals surface area contributed by atoms with E-state index in [-0.39, 0.29) is 34.6 Å². The van der Waals surface area contributed by atoms with Crippen LogP contribution in [0.5, 0.6) is 0 Å². The third kappa shape index (κ3) is 5.50. The molecule has 5 heterocycles. The molecule has 0 radical (unpaired) electrons. The lowest BCUT2D eigenvalue weighted by Gasteiger charge is -2.36. The highest BCUT2D eigenvalue weighted by atomic mass is 32.1. The zero-order valence-corrected chi connectivity index (χ0v) is 23.6. The van der Waals surface area contributed by atoms with E-state index in [9.17, 15) is 22.8 Å². The molecule has 44 heavy (non-hydrogen) atoms. The Bertz CT molecular complexity index is 1820. The van der Waals surface area contributed by atoms with Crippen molar-refractivity contribution >= 4 is 39.9 Å². The van der Waals surface area contributed by atoms with E-state index >= 15 is 0 Å². The molecule has 1 aromatic carbocycles. The first-order valence-corrected chi connectivity index (χ1v) is 14.7. The number of fused-ring (bicyclic) bond motifs is 1. The number of oxazole rings is 1. The molecule has 1 aliphatic heterocycles. The van der Waals surface area contributed by atoms with Crippen molar-refractivity contribution in [3.63, 3.8) is 0 Å².